The van der Waals surface area contributed by atoms with Gasteiger partial charge in [0, 0.05) is 0 Å². The Morgan fingerprint density at radius 2 is 0.462 bits per heavy atom. The number of hydrogen-bond acceptors (Lipinski definition) is 0. The van der Waals surface area contributed by atoms with Crippen LogP contribution in [0.15, 0.2) is 0 Å². The summed E-state index contributed by atoms with van der Waals surface area (Å²) in [6.45, 7) is 0. The van der Waals surface area contributed by atoms with Gasteiger partial charge in [0.15, 0.2) is 0 Å². The summed E-state index contributed by atoms with van der Waals surface area (Å²) in [5.74, 6) is 0. The van der Waals surface area contributed by atoms with Gasteiger partial charge in [-0.3, -0.25) is 0 Å². The summed E-state index contributed by atoms with van der Waals surface area (Å²) in [6, 6.07) is 0. The van der Waals surface area contributed by atoms with Crippen LogP contribution in [0.2, 0.25) is 0 Å². The summed E-state index contributed by atoms with van der Waals surface area (Å²) >= 11 is 35.3. The Bertz CT molecular complexity index is 109. The number of hydrogen-bond donors (Lipinski definition) is 0. The van der Waals surface area contributed by atoms with E-state index in [1.54, 1.807) is 0 Å². The molecule has 0 aromatic heterocycles. The fourth-order valence-electron chi connectivity index (χ4n) is 1.05. The molecule has 1 rings (SSSR count). The first-order valence-electron chi connectivity index (χ1n) is 3.31. The first kappa shape index (κ1) is 15.7. The van der Waals surface area contributed by atoms with Crippen LogP contribution in [0.1, 0.15) is 0 Å². The minimum absolute atomic E-state index is 0. The zero-order valence-corrected chi connectivity index (χ0v) is 10.3. The van der Waals surface area contributed by atoms with Crippen LogP contribution in [0.4, 0.5) is 0 Å². The molecule has 0 radical (unpaired) electrons. The molecule has 0 amide bonds. The first-order chi connectivity index (χ1) is 5.46. The van der Waals surface area contributed by atoms with Crippen LogP contribution < -0.4 is 0 Å². The van der Waals surface area contributed by atoms with Crippen molar-refractivity contribution in [2.75, 3.05) is 0 Å². The Balaban J connectivity index is 0.00000144. The molecular weight excluding hydrogens is 308 g/mol. The molecule has 0 aliphatic heterocycles. The van der Waals surface area contributed by atoms with Crippen LogP contribution in [0.5, 0.6) is 0 Å². The molecule has 13 heavy (non-hydrogen) atoms. The van der Waals surface area contributed by atoms with E-state index in [-0.39, 0.29) is 29.6 Å². The monoisotopic (exact) mass is 312 g/mol. The van der Waals surface area contributed by atoms with Crippen molar-refractivity contribution in [1.29, 1.82) is 0 Å². The fraction of sp³-hybridized carbons (Fsp3) is 1.00. The number of halogens is 6. The molecule has 1 aliphatic carbocycles. The first-order valence-corrected chi connectivity index (χ1v) is 5.93. The summed E-state index contributed by atoms with van der Waals surface area (Å²) < 4.78 is 0. The average Bonchev–Trinajstić information content (AvgIpc) is 2.08. The molecule has 1 fully saturated rings. The summed E-state index contributed by atoms with van der Waals surface area (Å²) in [4.78, 5) is 0. The molecular formula is C6H7Cl6Na. The van der Waals surface area contributed by atoms with E-state index in [1.165, 1.54) is 0 Å². The van der Waals surface area contributed by atoms with Crippen LogP contribution in [0.3, 0.4) is 0 Å². The predicted molar refractivity (Wildman–Crippen MR) is 65.0 cm³/mol. The van der Waals surface area contributed by atoms with Crippen molar-refractivity contribution in [3.05, 3.63) is 0 Å². The Morgan fingerprint density at radius 1 is 0.385 bits per heavy atom. The van der Waals surface area contributed by atoms with Gasteiger partial charge in [0.2, 0.25) is 0 Å². The number of alkyl halides is 6. The molecule has 7 heteroatoms. The molecule has 0 aromatic rings. The third-order valence-corrected chi connectivity index (χ3v) is 5.86. The zero-order chi connectivity index (χ0) is 9.46. The second-order valence-electron chi connectivity index (χ2n) is 2.67. The van der Waals surface area contributed by atoms with E-state index >= 15 is 0 Å². The second-order valence-corrected chi connectivity index (χ2v) is 5.69. The van der Waals surface area contributed by atoms with E-state index < -0.39 is 32.3 Å². The van der Waals surface area contributed by atoms with Crippen LogP contribution in [-0.4, -0.2) is 61.8 Å². The summed E-state index contributed by atoms with van der Waals surface area (Å²) in [7, 11) is 0. The number of rotatable bonds is 0. The van der Waals surface area contributed by atoms with E-state index in [0.717, 1.165) is 0 Å². The van der Waals surface area contributed by atoms with Crippen molar-refractivity contribution in [1.82, 2.24) is 0 Å². The maximum absolute atomic E-state index is 5.88. The second kappa shape index (κ2) is 6.47. The summed E-state index contributed by atoms with van der Waals surface area (Å²) in [5, 5.41) is -2.62. The zero-order valence-electron chi connectivity index (χ0n) is 5.73. The molecule has 74 valence electrons. The fourth-order valence-corrected chi connectivity index (χ4v) is 3.38. The van der Waals surface area contributed by atoms with Gasteiger partial charge < -0.3 is 0 Å². The molecule has 1 saturated carbocycles. The molecule has 0 nitrogen and oxygen atoms in total. The van der Waals surface area contributed by atoms with Crippen molar-refractivity contribution >= 4 is 99.2 Å². The van der Waals surface area contributed by atoms with Gasteiger partial charge in [0.05, 0.1) is 32.3 Å². The summed E-state index contributed by atoms with van der Waals surface area (Å²) in [6.07, 6.45) is 0. The van der Waals surface area contributed by atoms with Crippen molar-refractivity contribution in [3.8, 4) is 0 Å². The quantitative estimate of drug-likeness (QED) is 0.476. The standard InChI is InChI=1S/C6H6Cl6.Na.H/c7-1-2(8)4(10)6(12)5(11)3(1)9;;/h1-6H;;/t1-,2-,3-,4+,5+,6+;;. The van der Waals surface area contributed by atoms with Gasteiger partial charge in [0.1, 0.15) is 0 Å². The van der Waals surface area contributed by atoms with Crippen LogP contribution >= 0.6 is 69.6 Å². The SMILES string of the molecule is Cl[C@H]1[C@H](Cl)[C@@H](Cl)[C@@H](Cl)[C@H](Cl)[C@H]1Cl.[NaH]. The van der Waals surface area contributed by atoms with Gasteiger partial charge in [-0.2, -0.15) is 0 Å². The molecule has 0 bridgehead atoms. The molecule has 0 saturated heterocycles. The van der Waals surface area contributed by atoms with Crippen molar-refractivity contribution in [2.45, 2.75) is 32.3 Å². The molecule has 1 aliphatic rings. The van der Waals surface area contributed by atoms with E-state index in [4.69, 9.17) is 69.6 Å². The van der Waals surface area contributed by atoms with E-state index in [9.17, 15) is 0 Å². The van der Waals surface area contributed by atoms with E-state index in [1.807, 2.05) is 0 Å². The van der Waals surface area contributed by atoms with Crippen molar-refractivity contribution in [3.63, 3.8) is 0 Å². The summed E-state index contributed by atoms with van der Waals surface area (Å²) in [5.41, 5.74) is 0. The van der Waals surface area contributed by atoms with Crippen LogP contribution in [0, 0.1) is 0 Å². The predicted octanol–water partition coefficient (Wildman–Crippen LogP) is 3.00. The Kier molecular flexibility index (Phi) is 7.83. The van der Waals surface area contributed by atoms with E-state index in [2.05, 4.69) is 0 Å². The average molecular weight is 315 g/mol. The third kappa shape index (κ3) is 3.35. The van der Waals surface area contributed by atoms with Gasteiger partial charge >= 0.3 is 29.6 Å². The Morgan fingerprint density at radius 3 is 0.538 bits per heavy atom. The molecule has 0 aromatic carbocycles. The topological polar surface area (TPSA) is 0 Å². The van der Waals surface area contributed by atoms with Gasteiger partial charge in [-0.15, -0.1) is 69.6 Å². The van der Waals surface area contributed by atoms with Gasteiger partial charge in [0.25, 0.3) is 0 Å². The van der Waals surface area contributed by atoms with Gasteiger partial charge in [-0.25, -0.2) is 0 Å². The van der Waals surface area contributed by atoms with E-state index in [0.29, 0.717) is 0 Å². The molecule has 0 atom stereocenters. The van der Waals surface area contributed by atoms with Gasteiger partial charge in [-0.1, -0.05) is 0 Å². The third-order valence-electron chi connectivity index (χ3n) is 1.83. The maximum atomic E-state index is 5.88. The van der Waals surface area contributed by atoms with Crippen molar-refractivity contribution < 1.29 is 0 Å². The van der Waals surface area contributed by atoms with Crippen LogP contribution in [0.25, 0.3) is 0 Å². The normalized spacial score (nSPS) is 51.2. The van der Waals surface area contributed by atoms with Gasteiger partial charge in [-0.05, 0) is 0 Å². The Labute approximate surface area is 130 Å². The molecule has 0 spiro atoms. The van der Waals surface area contributed by atoms with Crippen molar-refractivity contribution in [2.24, 2.45) is 0 Å². The van der Waals surface area contributed by atoms with Crippen LogP contribution in [-0.2, 0) is 0 Å². The molecule has 0 unspecified atom stereocenters. The molecule has 0 heterocycles. The molecule has 0 N–H and O–H groups in total. The minimum atomic E-state index is -0.437. The Hall–Kier alpha value is 2.74.